The lowest BCUT2D eigenvalue weighted by Gasteiger charge is -2.27. The Kier molecular flexibility index (Phi) is 7.82. The molecule has 0 saturated heterocycles. The lowest BCUT2D eigenvalue weighted by atomic mass is 10.1. The van der Waals surface area contributed by atoms with Gasteiger partial charge < -0.3 is 4.90 Å². The van der Waals surface area contributed by atoms with Gasteiger partial charge in [-0.2, -0.15) is 0 Å². The third kappa shape index (κ3) is 6.59. The van der Waals surface area contributed by atoms with Crippen LogP contribution in [0, 0.1) is 5.92 Å². The molecule has 1 aliphatic rings. The van der Waals surface area contributed by atoms with E-state index in [9.17, 15) is 13.2 Å². The number of carbonyl (C=O) groups is 1. The van der Waals surface area contributed by atoms with Gasteiger partial charge in [0.25, 0.3) is 0 Å². The Labute approximate surface area is 164 Å². The minimum atomic E-state index is -3.26. The number of rotatable bonds is 4. The summed E-state index contributed by atoms with van der Waals surface area (Å²) in [7, 11) is -3.26. The van der Waals surface area contributed by atoms with Gasteiger partial charge >= 0.3 is 0 Å². The maximum Gasteiger partial charge on any atom is 0.223 e. The lowest BCUT2D eigenvalue weighted by Crippen LogP contribution is -2.39. The van der Waals surface area contributed by atoms with Crippen molar-refractivity contribution < 1.29 is 13.2 Å². The summed E-state index contributed by atoms with van der Waals surface area (Å²) in [6.45, 7) is 9.71. The Morgan fingerprint density at radius 3 is 2.44 bits per heavy atom. The van der Waals surface area contributed by atoms with Gasteiger partial charge in [0.15, 0.2) is 0 Å². The van der Waals surface area contributed by atoms with Crippen molar-refractivity contribution in [1.82, 2.24) is 9.21 Å². The van der Waals surface area contributed by atoms with Gasteiger partial charge in [0, 0.05) is 45.3 Å². The first-order chi connectivity index (χ1) is 12.7. The maximum absolute atomic E-state index is 12.3. The summed E-state index contributed by atoms with van der Waals surface area (Å²) in [6, 6.07) is 8.01. The predicted molar refractivity (Wildman–Crippen MR) is 110 cm³/mol. The van der Waals surface area contributed by atoms with Gasteiger partial charge in [-0.25, -0.2) is 12.7 Å². The number of sulfonamides is 1. The number of para-hydroxylation sites is 1. The second kappa shape index (κ2) is 9.66. The van der Waals surface area contributed by atoms with E-state index in [4.69, 9.17) is 0 Å². The molecular weight excluding hydrogens is 362 g/mol. The van der Waals surface area contributed by atoms with E-state index < -0.39 is 10.0 Å². The van der Waals surface area contributed by atoms with Crippen LogP contribution in [0.1, 0.15) is 39.2 Å². The molecule has 1 amide bonds. The highest BCUT2D eigenvalue weighted by Crippen LogP contribution is 2.24. The largest absolute Gasteiger partial charge is 0.312 e. The highest BCUT2D eigenvalue weighted by molar-refractivity contribution is 7.88. The van der Waals surface area contributed by atoms with Gasteiger partial charge in [-0.15, -0.1) is 0 Å². The van der Waals surface area contributed by atoms with Gasteiger partial charge in [0.05, 0.1) is 6.26 Å². The SMILES string of the molecule is CC(=O)N1CCCN(S(C)(=O)=O)CCN(CCC(C)C)Cc2ccccc21. The zero-order valence-corrected chi connectivity index (χ0v) is 17.8. The molecule has 1 aliphatic heterocycles. The fourth-order valence-electron chi connectivity index (χ4n) is 3.41. The number of hydrogen-bond donors (Lipinski definition) is 0. The van der Waals surface area contributed by atoms with E-state index in [0.29, 0.717) is 45.1 Å². The maximum atomic E-state index is 12.3. The smallest absolute Gasteiger partial charge is 0.223 e. The molecule has 0 aromatic heterocycles. The molecule has 0 radical (unpaired) electrons. The number of anilines is 1. The second-order valence-corrected chi connectivity index (χ2v) is 9.76. The van der Waals surface area contributed by atoms with E-state index in [1.165, 1.54) is 6.26 Å². The molecule has 1 heterocycles. The van der Waals surface area contributed by atoms with Crippen molar-refractivity contribution in [1.29, 1.82) is 0 Å². The number of nitrogens with zero attached hydrogens (tertiary/aromatic N) is 3. The summed E-state index contributed by atoms with van der Waals surface area (Å²) in [5, 5.41) is 0. The van der Waals surface area contributed by atoms with Gasteiger partial charge in [-0.1, -0.05) is 32.0 Å². The third-order valence-corrected chi connectivity index (χ3v) is 6.31. The average molecular weight is 396 g/mol. The first-order valence-corrected chi connectivity index (χ1v) is 11.6. The number of carbonyl (C=O) groups excluding carboxylic acids is 1. The van der Waals surface area contributed by atoms with Crippen molar-refractivity contribution >= 4 is 21.6 Å². The van der Waals surface area contributed by atoms with Crippen LogP contribution in [0.4, 0.5) is 5.69 Å². The van der Waals surface area contributed by atoms with E-state index in [2.05, 4.69) is 24.8 Å². The third-order valence-electron chi connectivity index (χ3n) is 5.00. The van der Waals surface area contributed by atoms with E-state index in [1.807, 2.05) is 18.2 Å². The zero-order chi connectivity index (χ0) is 20.0. The quantitative estimate of drug-likeness (QED) is 0.786. The molecule has 6 nitrogen and oxygen atoms in total. The summed E-state index contributed by atoms with van der Waals surface area (Å²) in [4.78, 5) is 16.4. The molecule has 0 unspecified atom stereocenters. The summed E-state index contributed by atoms with van der Waals surface area (Å²) in [6.07, 6.45) is 2.94. The number of fused-ring (bicyclic) bond motifs is 1. The van der Waals surface area contributed by atoms with Crippen molar-refractivity contribution in [3.63, 3.8) is 0 Å². The summed E-state index contributed by atoms with van der Waals surface area (Å²) in [5.41, 5.74) is 2.05. The standard InChI is InChI=1S/C20H33N3O3S/c1-17(2)10-13-21-14-15-22(27(4,25)26)11-7-12-23(18(3)24)20-9-6-5-8-19(20)16-21/h5-6,8-9,17H,7,10-16H2,1-4H3. The normalized spacial score (nSPS) is 18.2. The molecule has 27 heavy (non-hydrogen) atoms. The molecule has 0 spiro atoms. The summed E-state index contributed by atoms with van der Waals surface area (Å²) in [5.74, 6) is 0.569. The molecule has 0 saturated carbocycles. The molecule has 1 aromatic rings. The number of amides is 1. The van der Waals surface area contributed by atoms with Gasteiger partial charge in [-0.3, -0.25) is 9.69 Å². The van der Waals surface area contributed by atoms with Crippen molar-refractivity contribution in [2.75, 3.05) is 43.9 Å². The van der Waals surface area contributed by atoms with Crippen molar-refractivity contribution in [3.8, 4) is 0 Å². The monoisotopic (exact) mass is 395 g/mol. The highest BCUT2D eigenvalue weighted by Gasteiger charge is 2.22. The zero-order valence-electron chi connectivity index (χ0n) is 17.0. The van der Waals surface area contributed by atoms with Crippen LogP contribution in [0.25, 0.3) is 0 Å². The summed E-state index contributed by atoms with van der Waals surface area (Å²) < 4.78 is 25.9. The lowest BCUT2D eigenvalue weighted by molar-refractivity contribution is -0.116. The van der Waals surface area contributed by atoms with Crippen LogP contribution >= 0.6 is 0 Å². The molecule has 0 atom stereocenters. The number of benzene rings is 1. The van der Waals surface area contributed by atoms with E-state index >= 15 is 0 Å². The van der Waals surface area contributed by atoms with Gasteiger partial charge in [0.1, 0.15) is 0 Å². The second-order valence-electron chi connectivity index (χ2n) is 7.77. The Bertz CT molecular complexity index is 734. The van der Waals surface area contributed by atoms with Crippen molar-refractivity contribution in [2.24, 2.45) is 5.92 Å². The first-order valence-electron chi connectivity index (χ1n) is 9.72. The fraction of sp³-hybridized carbons (Fsp3) is 0.650. The van der Waals surface area contributed by atoms with E-state index in [1.54, 1.807) is 16.1 Å². The Morgan fingerprint density at radius 1 is 1.11 bits per heavy atom. The molecule has 152 valence electrons. The van der Waals surface area contributed by atoms with Crippen LogP contribution < -0.4 is 4.90 Å². The molecular formula is C20H33N3O3S. The molecule has 0 N–H and O–H groups in total. The van der Waals surface area contributed by atoms with E-state index in [0.717, 1.165) is 24.2 Å². The highest BCUT2D eigenvalue weighted by atomic mass is 32.2. The average Bonchev–Trinajstić information content (AvgIpc) is 2.61. The minimum Gasteiger partial charge on any atom is -0.312 e. The Hall–Kier alpha value is -1.44. The fourth-order valence-corrected chi connectivity index (χ4v) is 4.28. The topological polar surface area (TPSA) is 60.9 Å². The molecule has 0 bridgehead atoms. The molecule has 1 aromatic carbocycles. The van der Waals surface area contributed by atoms with Crippen LogP contribution in [0.2, 0.25) is 0 Å². The van der Waals surface area contributed by atoms with Gasteiger partial charge in [0.2, 0.25) is 15.9 Å². The molecule has 2 rings (SSSR count). The van der Waals surface area contributed by atoms with E-state index in [-0.39, 0.29) is 5.91 Å². The van der Waals surface area contributed by atoms with Gasteiger partial charge in [-0.05, 0) is 36.9 Å². The van der Waals surface area contributed by atoms with Crippen LogP contribution in [0.3, 0.4) is 0 Å². The number of hydrogen-bond acceptors (Lipinski definition) is 4. The van der Waals surface area contributed by atoms with Crippen molar-refractivity contribution in [2.45, 2.75) is 40.2 Å². The van der Waals surface area contributed by atoms with Crippen LogP contribution in [-0.2, 0) is 21.4 Å². The molecule has 0 fully saturated rings. The van der Waals surface area contributed by atoms with Crippen LogP contribution in [0.15, 0.2) is 24.3 Å². The first kappa shape index (κ1) is 21.9. The van der Waals surface area contributed by atoms with Crippen molar-refractivity contribution in [3.05, 3.63) is 29.8 Å². The summed E-state index contributed by atoms with van der Waals surface area (Å²) >= 11 is 0. The van der Waals surface area contributed by atoms with Crippen LogP contribution in [-0.4, -0.2) is 62.5 Å². The minimum absolute atomic E-state index is 0.0127. The van der Waals surface area contributed by atoms with Crippen LogP contribution in [0.5, 0.6) is 0 Å². The Morgan fingerprint density at radius 2 is 1.81 bits per heavy atom. The molecule has 0 aliphatic carbocycles. The predicted octanol–water partition coefficient (Wildman–Crippen LogP) is 2.55. The Balaban J connectivity index is 2.35. The molecule has 7 heteroatoms.